The number of halogens is 3. The van der Waals surface area contributed by atoms with Crippen molar-refractivity contribution in [1.82, 2.24) is 9.21 Å². The van der Waals surface area contributed by atoms with E-state index in [2.05, 4.69) is 4.90 Å². The Morgan fingerprint density at radius 3 is 2.35 bits per heavy atom. The van der Waals surface area contributed by atoms with Gasteiger partial charge in [0.1, 0.15) is 0 Å². The molecule has 0 N–H and O–H groups in total. The van der Waals surface area contributed by atoms with Crippen molar-refractivity contribution < 1.29 is 40.7 Å². The van der Waals surface area contributed by atoms with E-state index in [1.807, 2.05) is 0 Å². The number of nitriles is 1. The van der Waals surface area contributed by atoms with Gasteiger partial charge in [-0.3, -0.25) is 9.59 Å². The summed E-state index contributed by atoms with van der Waals surface area (Å²) in [5.41, 5.74) is -1.59. The predicted molar refractivity (Wildman–Crippen MR) is 140 cm³/mol. The molecular formula is C26H33F3N4O6S. The zero-order valence-electron chi connectivity index (χ0n) is 22.5. The zero-order chi connectivity index (χ0) is 29.5. The number of sulfonamides is 1. The maximum atomic E-state index is 13.4. The first-order valence-electron chi connectivity index (χ1n) is 12.9. The quantitative estimate of drug-likeness (QED) is 0.256. The minimum Gasteiger partial charge on any atom is -0.382 e. The number of anilines is 1. The highest BCUT2D eigenvalue weighted by molar-refractivity contribution is 7.89. The number of hydrogen-bond acceptors (Lipinski definition) is 8. The van der Waals surface area contributed by atoms with Gasteiger partial charge in [0.05, 0.1) is 48.5 Å². The molecule has 220 valence electrons. The summed E-state index contributed by atoms with van der Waals surface area (Å²) in [6, 6.07) is 4.25. The van der Waals surface area contributed by atoms with Crippen LogP contribution in [0.5, 0.6) is 0 Å². The molecule has 14 heteroatoms. The molecule has 0 radical (unpaired) electrons. The van der Waals surface area contributed by atoms with Crippen LogP contribution in [0.1, 0.15) is 37.3 Å². The van der Waals surface area contributed by atoms with Crippen LogP contribution in [0, 0.1) is 11.3 Å². The molecule has 0 aromatic heterocycles. The number of benzene rings is 1. The summed E-state index contributed by atoms with van der Waals surface area (Å²) < 4.78 is 76.7. The molecular weight excluding hydrogens is 553 g/mol. The molecule has 1 fully saturated rings. The lowest BCUT2D eigenvalue weighted by Gasteiger charge is -2.34. The Labute approximate surface area is 232 Å². The Morgan fingerprint density at radius 2 is 1.73 bits per heavy atom. The number of piperazine rings is 1. The van der Waals surface area contributed by atoms with Crippen LogP contribution in [0.25, 0.3) is 0 Å². The SMILES string of the molecule is COCCOCCS(=O)(=O)N1CCN(CCCCC2=C(C)C(=O)N(c3ccc(C#N)c(C(F)(F)F)c3)C2=O)CC1. The van der Waals surface area contributed by atoms with Crippen LogP contribution in [0.15, 0.2) is 29.3 Å². The van der Waals surface area contributed by atoms with Gasteiger partial charge in [0, 0.05) is 44.4 Å². The fourth-order valence-corrected chi connectivity index (χ4v) is 5.93. The second-order valence-electron chi connectivity index (χ2n) is 9.51. The van der Waals surface area contributed by atoms with Gasteiger partial charge in [0.25, 0.3) is 11.8 Å². The average Bonchev–Trinajstić information content (AvgIpc) is 3.13. The standard InChI is InChI=1S/C26H33F3N4O6S/c1-19-22(25(35)33(24(19)34)21-7-6-20(18-30)23(17-21)26(27,28)29)5-3-4-8-31-9-11-32(12-10-31)40(36,37)16-15-39-14-13-38-2/h6-7,17H,3-5,8-16H2,1-2H3. The first-order valence-corrected chi connectivity index (χ1v) is 14.5. The molecule has 0 spiro atoms. The Hall–Kier alpha value is -2.83. The largest absolute Gasteiger partial charge is 0.417 e. The lowest BCUT2D eigenvalue weighted by Crippen LogP contribution is -2.49. The second-order valence-corrected chi connectivity index (χ2v) is 11.6. The van der Waals surface area contributed by atoms with Crippen LogP contribution in [0.4, 0.5) is 18.9 Å². The van der Waals surface area contributed by atoms with Crippen LogP contribution < -0.4 is 4.90 Å². The van der Waals surface area contributed by atoms with Gasteiger partial charge < -0.3 is 14.4 Å². The summed E-state index contributed by atoms with van der Waals surface area (Å²) in [6.45, 7) is 4.88. The molecule has 1 aromatic rings. The summed E-state index contributed by atoms with van der Waals surface area (Å²) >= 11 is 0. The number of hydrogen-bond donors (Lipinski definition) is 0. The van der Waals surface area contributed by atoms with Gasteiger partial charge in [-0.2, -0.15) is 22.7 Å². The van der Waals surface area contributed by atoms with Crippen LogP contribution in [0.3, 0.4) is 0 Å². The normalized spacial score (nSPS) is 17.6. The van der Waals surface area contributed by atoms with E-state index in [0.717, 1.165) is 17.0 Å². The molecule has 10 nitrogen and oxygen atoms in total. The molecule has 0 bridgehead atoms. The van der Waals surface area contributed by atoms with E-state index in [4.69, 9.17) is 14.7 Å². The van der Waals surface area contributed by atoms with Crippen molar-refractivity contribution in [2.45, 2.75) is 32.4 Å². The highest BCUT2D eigenvalue weighted by Gasteiger charge is 2.39. The molecule has 0 atom stereocenters. The number of amides is 2. The molecule has 0 aliphatic carbocycles. The van der Waals surface area contributed by atoms with Gasteiger partial charge in [0.2, 0.25) is 10.0 Å². The highest BCUT2D eigenvalue weighted by Crippen LogP contribution is 2.36. The van der Waals surface area contributed by atoms with Crippen LogP contribution in [0.2, 0.25) is 0 Å². The maximum absolute atomic E-state index is 13.4. The van der Waals surface area contributed by atoms with Crippen LogP contribution >= 0.6 is 0 Å². The number of carbonyl (C=O) groups excluding carboxylic acids is 2. The minimum absolute atomic E-state index is 0.0884. The molecule has 2 aliphatic heterocycles. The van der Waals surface area contributed by atoms with Gasteiger partial charge in [0.15, 0.2) is 0 Å². The van der Waals surface area contributed by atoms with Gasteiger partial charge in [-0.25, -0.2) is 13.3 Å². The molecule has 2 aliphatic rings. The molecule has 40 heavy (non-hydrogen) atoms. The molecule has 3 rings (SSSR count). The topological polar surface area (TPSA) is 120 Å². The van der Waals surface area contributed by atoms with Gasteiger partial charge in [-0.15, -0.1) is 0 Å². The lowest BCUT2D eigenvalue weighted by molar-refractivity contribution is -0.138. The molecule has 1 saturated heterocycles. The van der Waals surface area contributed by atoms with E-state index in [0.29, 0.717) is 64.8 Å². The summed E-state index contributed by atoms with van der Waals surface area (Å²) in [6.07, 6.45) is -3.27. The van der Waals surface area contributed by atoms with Gasteiger partial charge in [-0.1, -0.05) is 0 Å². The number of imide groups is 1. The van der Waals surface area contributed by atoms with Crippen molar-refractivity contribution in [3.8, 4) is 6.07 Å². The monoisotopic (exact) mass is 586 g/mol. The minimum atomic E-state index is -4.81. The Bertz CT molecular complexity index is 1270. The number of nitrogens with zero attached hydrogens (tertiary/aromatic N) is 4. The first-order chi connectivity index (χ1) is 18.9. The Morgan fingerprint density at radius 1 is 1.02 bits per heavy atom. The van der Waals surface area contributed by atoms with E-state index < -0.39 is 39.1 Å². The molecule has 0 saturated carbocycles. The molecule has 2 heterocycles. The van der Waals surface area contributed by atoms with Crippen molar-refractivity contribution in [2.24, 2.45) is 0 Å². The number of carbonyl (C=O) groups is 2. The third-order valence-electron chi connectivity index (χ3n) is 6.92. The van der Waals surface area contributed by atoms with Gasteiger partial charge in [-0.05, 0) is 50.9 Å². The fraction of sp³-hybridized carbons (Fsp3) is 0.577. The number of ether oxygens (including phenoxy) is 2. The van der Waals surface area contributed by atoms with Crippen molar-refractivity contribution in [3.63, 3.8) is 0 Å². The van der Waals surface area contributed by atoms with E-state index in [1.54, 1.807) is 7.11 Å². The first kappa shape index (κ1) is 31.7. The number of rotatable bonds is 13. The maximum Gasteiger partial charge on any atom is 0.417 e. The Kier molecular flexibility index (Phi) is 10.8. The van der Waals surface area contributed by atoms with Crippen LogP contribution in [-0.4, -0.2) is 94.8 Å². The van der Waals surface area contributed by atoms with E-state index in [1.165, 1.54) is 17.3 Å². The molecule has 2 amide bonds. The van der Waals surface area contributed by atoms with Crippen molar-refractivity contribution in [1.29, 1.82) is 5.26 Å². The highest BCUT2D eigenvalue weighted by atomic mass is 32.2. The summed E-state index contributed by atoms with van der Waals surface area (Å²) in [5, 5.41) is 9.00. The predicted octanol–water partition coefficient (Wildman–Crippen LogP) is 2.55. The third kappa shape index (κ3) is 7.67. The smallest absolute Gasteiger partial charge is 0.382 e. The summed E-state index contributed by atoms with van der Waals surface area (Å²) in [5.74, 6) is -1.43. The second kappa shape index (κ2) is 13.7. The van der Waals surface area contributed by atoms with E-state index >= 15 is 0 Å². The van der Waals surface area contributed by atoms with Crippen molar-refractivity contribution in [3.05, 3.63) is 40.5 Å². The third-order valence-corrected chi connectivity index (χ3v) is 8.75. The van der Waals surface area contributed by atoms with E-state index in [9.17, 15) is 31.2 Å². The summed E-state index contributed by atoms with van der Waals surface area (Å²) in [7, 11) is -1.87. The number of methoxy groups -OCH3 is 1. The Balaban J connectivity index is 1.48. The average molecular weight is 587 g/mol. The molecule has 1 aromatic carbocycles. The van der Waals surface area contributed by atoms with E-state index in [-0.39, 0.29) is 35.6 Å². The molecule has 0 unspecified atom stereocenters. The number of alkyl halides is 3. The summed E-state index contributed by atoms with van der Waals surface area (Å²) in [4.78, 5) is 28.6. The van der Waals surface area contributed by atoms with Gasteiger partial charge >= 0.3 is 6.18 Å². The van der Waals surface area contributed by atoms with Crippen molar-refractivity contribution in [2.75, 3.05) is 70.3 Å². The number of unbranched alkanes of at least 4 members (excludes halogenated alkanes) is 1. The lowest BCUT2D eigenvalue weighted by atomic mass is 10.0. The fourth-order valence-electron chi connectivity index (χ4n) is 4.62. The van der Waals surface area contributed by atoms with Crippen molar-refractivity contribution >= 4 is 27.5 Å². The zero-order valence-corrected chi connectivity index (χ0v) is 23.3. The van der Waals surface area contributed by atoms with Crippen LogP contribution in [-0.2, 0) is 35.3 Å².